The molecular formula is C5H6INO2. The second-order valence-electron chi connectivity index (χ2n) is 1.95. The van der Waals surface area contributed by atoms with Crippen LogP contribution in [0.3, 0.4) is 0 Å². The summed E-state index contributed by atoms with van der Waals surface area (Å²) < 4.78 is 1.46. The average Bonchev–Trinajstić information content (AvgIpc) is 2.15. The normalized spacial score (nSPS) is 27.0. The standard InChI is InChI=1S/C5H6INO2/c6-7-4(3-8)1-2-5(7)9/h3-4H,1-2H2/t4-/m1/s1. The SMILES string of the molecule is O=C[C@H]1CCC(=O)N1I. The molecule has 1 amide bonds. The summed E-state index contributed by atoms with van der Waals surface area (Å²) in [5, 5.41) is 0. The van der Waals surface area contributed by atoms with Crippen molar-refractivity contribution in [3.63, 3.8) is 0 Å². The minimum Gasteiger partial charge on any atom is -0.301 e. The third-order valence-electron chi connectivity index (χ3n) is 1.34. The van der Waals surface area contributed by atoms with Gasteiger partial charge in [-0.2, -0.15) is 0 Å². The van der Waals surface area contributed by atoms with E-state index < -0.39 is 0 Å². The van der Waals surface area contributed by atoms with Crippen LogP contribution in [0.2, 0.25) is 0 Å². The van der Waals surface area contributed by atoms with E-state index >= 15 is 0 Å². The quantitative estimate of drug-likeness (QED) is 0.380. The van der Waals surface area contributed by atoms with Crippen molar-refractivity contribution in [2.24, 2.45) is 0 Å². The molecule has 1 atom stereocenters. The first-order valence-corrected chi connectivity index (χ1v) is 3.65. The van der Waals surface area contributed by atoms with E-state index in [1.165, 1.54) is 3.11 Å². The Hall–Kier alpha value is -0.130. The molecule has 1 rings (SSSR count). The van der Waals surface area contributed by atoms with Crippen LogP contribution < -0.4 is 0 Å². The number of aldehydes is 1. The van der Waals surface area contributed by atoms with Crippen molar-refractivity contribution in [1.82, 2.24) is 3.11 Å². The summed E-state index contributed by atoms with van der Waals surface area (Å²) in [4.78, 5) is 20.9. The Morgan fingerprint density at radius 3 is 2.67 bits per heavy atom. The summed E-state index contributed by atoms with van der Waals surface area (Å²) in [6, 6.07) is -0.168. The zero-order chi connectivity index (χ0) is 6.85. The molecule has 1 saturated heterocycles. The second kappa shape index (κ2) is 2.64. The van der Waals surface area contributed by atoms with Crippen molar-refractivity contribution in [1.29, 1.82) is 0 Å². The summed E-state index contributed by atoms with van der Waals surface area (Å²) in [5.74, 6) is 0.0627. The summed E-state index contributed by atoms with van der Waals surface area (Å²) in [6.07, 6.45) is 2.02. The fourth-order valence-corrected chi connectivity index (χ4v) is 1.45. The highest BCUT2D eigenvalue weighted by atomic mass is 127. The highest BCUT2D eigenvalue weighted by Gasteiger charge is 2.28. The molecule has 50 valence electrons. The van der Waals surface area contributed by atoms with Gasteiger partial charge in [0.05, 0.1) is 28.9 Å². The van der Waals surface area contributed by atoms with E-state index in [9.17, 15) is 9.59 Å². The van der Waals surface area contributed by atoms with E-state index in [2.05, 4.69) is 0 Å². The number of hydrogen-bond acceptors (Lipinski definition) is 2. The lowest BCUT2D eigenvalue weighted by Crippen LogP contribution is -2.23. The van der Waals surface area contributed by atoms with Gasteiger partial charge in [0.2, 0.25) is 5.91 Å². The molecule has 0 spiro atoms. The number of rotatable bonds is 1. The lowest BCUT2D eigenvalue weighted by atomic mass is 10.2. The van der Waals surface area contributed by atoms with Gasteiger partial charge >= 0.3 is 0 Å². The Bertz CT molecular complexity index is 148. The molecule has 1 aliphatic heterocycles. The second-order valence-corrected chi connectivity index (χ2v) is 2.99. The van der Waals surface area contributed by atoms with Crippen LogP contribution in [0.4, 0.5) is 0 Å². The van der Waals surface area contributed by atoms with Crippen LogP contribution in [0.1, 0.15) is 12.8 Å². The number of carbonyl (C=O) groups excluding carboxylic acids is 2. The lowest BCUT2D eigenvalue weighted by Gasteiger charge is -2.08. The topological polar surface area (TPSA) is 37.4 Å². The minimum absolute atomic E-state index is 0.0627. The van der Waals surface area contributed by atoms with Gasteiger partial charge in [0.25, 0.3) is 0 Å². The van der Waals surface area contributed by atoms with E-state index in [1.807, 2.05) is 22.9 Å². The zero-order valence-electron chi connectivity index (χ0n) is 4.71. The van der Waals surface area contributed by atoms with Crippen molar-refractivity contribution in [3.05, 3.63) is 0 Å². The van der Waals surface area contributed by atoms with Gasteiger partial charge < -0.3 is 4.79 Å². The molecule has 0 saturated carbocycles. The van der Waals surface area contributed by atoms with Crippen LogP contribution in [0.5, 0.6) is 0 Å². The van der Waals surface area contributed by atoms with Gasteiger partial charge in [-0.1, -0.05) is 0 Å². The Morgan fingerprint density at radius 1 is 1.78 bits per heavy atom. The molecule has 0 aliphatic carbocycles. The van der Waals surface area contributed by atoms with Crippen LogP contribution in [0.25, 0.3) is 0 Å². The molecule has 1 aliphatic rings. The van der Waals surface area contributed by atoms with Crippen molar-refractivity contribution in [2.45, 2.75) is 18.9 Å². The number of hydrogen-bond donors (Lipinski definition) is 0. The first-order valence-electron chi connectivity index (χ1n) is 2.69. The molecule has 9 heavy (non-hydrogen) atoms. The minimum atomic E-state index is -0.168. The van der Waals surface area contributed by atoms with Crippen LogP contribution >= 0.6 is 22.9 Å². The smallest absolute Gasteiger partial charge is 0.231 e. The molecule has 3 nitrogen and oxygen atoms in total. The van der Waals surface area contributed by atoms with Crippen molar-refractivity contribution in [3.8, 4) is 0 Å². The number of amides is 1. The maximum absolute atomic E-state index is 10.7. The predicted octanol–water partition coefficient (Wildman–Crippen LogP) is 0.526. The summed E-state index contributed by atoms with van der Waals surface area (Å²) >= 11 is 1.87. The Balaban J connectivity index is 2.61. The van der Waals surface area contributed by atoms with Crippen LogP contribution in [-0.2, 0) is 9.59 Å². The first kappa shape index (κ1) is 6.98. The molecule has 0 radical (unpaired) electrons. The number of nitrogens with zero attached hydrogens (tertiary/aromatic N) is 1. The fourth-order valence-electron chi connectivity index (χ4n) is 0.798. The number of halogens is 1. The third kappa shape index (κ3) is 1.23. The Labute approximate surface area is 66.9 Å². The first-order chi connectivity index (χ1) is 4.25. The highest BCUT2D eigenvalue weighted by molar-refractivity contribution is 14.1. The molecule has 0 N–H and O–H groups in total. The van der Waals surface area contributed by atoms with E-state index in [4.69, 9.17) is 0 Å². The monoisotopic (exact) mass is 239 g/mol. The van der Waals surface area contributed by atoms with Crippen molar-refractivity contribution < 1.29 is 9.59 Å². The predicted molar refractivity (Wildman–Crippen MR) is 40.0 cm³/mol. The largest absolute Gasteiger partial charge is 0.301 e. The van der Waals surface area contributed by atoms with Gasteiger partial charge in [0.1, 0.15) is 6.29 Å². The molecule has 0 aromatic carbocycles. The van der Waals surface area contributed by atoms with E-state index in [1.54, 1.807) is 0 Å². The molecule has 0 aromatic rings. The van der Waals surface area contributed by atoms with Gasteiger partial charge in [-0.15, -0.1) is 0 Å². The van der Waals surface area contributed by atoms with Crippen molar-refractivity contribution in [2.75, 3.05) is 0 Å². The summed E-state index contributed by atoms with van der Waals surface area (Å²) in [5.41, 5.74) is 0. The van der Waals surface area contributed by atoms with Crippen LogP contribution in [0, 0.1) is 0 Å². The van der Waals surface area contributed by atoms with Crippen molar-refractivity contribution >= 4 is 35.1 Å². The van der Waals surface area contributed by atoms with Gasteiger partial charge in [-0.3, -0.25) is 7.91 Å². The molecule has 1 fully saturated rings. The lowest BCUT2D eigenvalue weighted by molar-refractivity contribution is -0.124. The van der Waals surface area contributed by atoms with Gasteiger partial charge in [0, 0.05) is 6.42 Å². The van der Waals surface area contributed by atoms with Crippen LogP contribution in [-0.4, -0.2) is 21.3 Å². The van der Waals surface area contributed by atoms with E-state index in [0.717, 1.165) is 6.29 Å². The van der Waals surface area contributed by atoms with Gasteiger partial charge in [0.15, 0.2) is 0 Å². The maximum atomic E-state index is 10.7. The summed E-state index contributed by atoms with van der Waals surface area (Å²) in [7, 11) is 0. The maximum Gasteiger partial charge on any atom is 0.231 e. The number of carbonyl (C=O) groups is 2. The molecule has 4 heteroatoms. The molecule has 0 bridgehead atoms. The summed E-state index contributed by atoms with van der Waals surface area (Å²) in [6.45, 7) is 0. The van der Waals surface area contributed by atoms with E-state index in [0.29, 0.717) is 12.8 Å². The molecule has 1 heterocycles. The molecule has 0 aromatic heterocycles. The van der Waals surface area contributed by atoms with Gasteiger partial charge in [-0.05, 0) is 6.42 Å². The molecular weight excluding hydrogens is 233 g/mol. The Kier molecular flexibility index (Phi) is 2.05. The average molecular weight is 239 g/mol. The van der Waals surface area contributed by atoms with Gasteiger partial charge in [-0.25, -0.2) is 0 Å². The third-order valence-corrected chi connectivity index (χ3v) is 2.59. The van der Waals surface area contributed by atoms with Crippen LogP contribution in [0.15, 0.2) is 0 Å². The zero-order valence-corrected chi connectivity index (χ0v) is 6.87. The Morgan fingerprint density at radius 2 is 2.44 bits per heavy atom. The molecule has 0 unspecified atom stereocenters. The van der Waals surface area contributed by atoms with E-state index in [-0.39, 0.29) is 11.9 Å². The highest BCUT2D eigenvalue weighted by Crippen LogP contribution is 2.20. The fraction of sp³-hybridized carbons (Fsp3) is 0.600.